The van der Waals surface area contributed by atoms with Gasteiger partial charge in [-0.3, -0.25) is 0 Å². The molecule has 0 aliphatic carbocycles. The Bertz CT molecular complexity index is 81.3. The van der Waals surface area contributed by atoms with Crippen LogP contribution < -0.4 is 0 Å². The topological polar surface area (TPSA) is 29.5 Å². The largest absolute Gasteiger partial charge is 0.396 e. The van der Waals surface area contributed by atoms with Gasteiger partial charge in [0.15, 0.2) is 0 Å². The summed E-state index contributed by atoms with van der Waals surface area (Å²) in [7, 11) is 1.67. The molecule has 0 aliphatic rings. The molecule has 0 heterocycles. The highest BCUT2D eigenvalue weighted by Gasteiger charge is 2.03. The van der Waals surface area contributed by atoms with Gasteiger partial charge in [0.05, 0.1) is 0 Å². The second-order valence-corrected chi connectivity index (χ2v) is 2.35. The van der Waals surface area contributed by atoms with Gasteiger partial charge in [0.2, 0.25) is 0 Å². The van der Waals surface area contributed by atoms with Crippen molar-refractivity contribution >= 4 is 0 Å². The summed E-state index contributed by atoms with van der Waals surface area (Å²) in [5, 5.41) is 8.78. The van der Waals surface area contributed by atoms with Gasteiger partial charge >= 0.3 is 0 Å². The zero-order valence-electron chi connectivity index (χ0n) is 6.55. The average molecular weight is 144 g/mol. The van der Waals surface area contributed by atoms with Crippen molar-refractivity contribution in [3.05, 3.63) is 12.7 Å². The van der Waals surface area contributed by atoms with Crippen LogP contribution >= 0.6 is 0 Å². The third-order valence-corrected chi connectivity index (χ3v) is 1.49. The molecule has 2 nitrogen and oxygen atoms in total. The van der Waals surface area contributed by atoms with E-state index in [1.807, 2.05) is 6.08 Å². The van der Waals surface area contributed by atoms with Crippen LogP contribution in [0.5, 0.6) is 0 Å². The van der Waals surface area contributed by atoms with E-state index in [-0.39, 0.29) is 6.61 Å². The third-order valence-electron chi connectivity index (χ3n) is 1.49. The van der Waals surface area contributed by atoms with Crippen molar-refractivity contribution < 1.29 is 9.84 Å². The first kappa shape index (κ1) is 9.66. The van der Waals surface area contributed by atoms with Crippen LogP contribution in [0.4, 0.5) is 0 Å². The summed E-state index contributed by atoms with van der Waals surface area (Å²) in [6.45, 7) is 4.56. The van der Waals surface area contributed by atoms with E-state index in [2.05, 4.69) is 6.58 Å². The van der Waals surface area contributed by atoms with Crippen LogP contribution in [0, 0.1) is 5.92 Å². The highest BCUT2D eigenvalue weighted by Crippen LogP contribution is 2.07. The maximum Gasteiger partial charge on any atom is 0.0465 e. The second kappa shape index (κ2) is 6.78. The Hall–Kier alpha value is -0.340. The molecule has 0 bridgehead atoms. The number of rotatable bonds is 6. The molecule has 0 amide bonds. The standard InChI is InChI=1S/C8H16O2/c1-3-4-8(7-9)5-6-10-2/h3,8-9H,1,4-7H2,2H3/t8-/m1/s1. The molecule has 0 aliphatic heterocycles. The third kappa shape index (κ3) is 4.53. The quantitative estimate of drug-likeness (QED) is 0.568. The predicted molar refractivity (Wildman–Crippen MR) is 41.9 cm³/mol. The highest BCUT2D eigenvalue weighted by molar-refractivity contribution is 4.72. The fourth-order valence-corrected chi connectivity index (χ4v) is 0.804. The molecule has 1 atom stereocenters. The molecule has 0 fully saturated rings. The van der Waals surface area contributed by atoms with Crippen LogP contribution in [0.25, 0.3) is 0 Å². The predicted octanol–water partition coefficient (Wildman–Crippen LogP) is 1.21. The maximum atomic E-state index is 8.78. The monoisotopic (exact) mass is 144 g/mol. The molecule has 0 saturated carbocycles. The first-order valence-corrected chi connectivity index (χ1v) is 3.55. The number of aliphatic hydroxyl groups excluding tert-OH is 1. The molecule has 60 valence electrons. The number of ether oxygens (including phenoxy) is 1. The highest BCUT2D eigenvalue weighted by atomic mass is 16.5. The van der Waals surface area contributed by atoms with E-state index >= 15 is 0 Å². The minimum Gasteiger partial charge on any atom is -0.396 e. The lowest BCUT2D eigenvalue weighted by Crippen LogP contribution is -2.07. The summed E-state index contributed by atoms with van der Waals surface area (Å²) >= 11 is 0. The van der Waals surface area contributed by atoms with Crippen LogP contribution in [-0.2, 0) is 4.74 Å². The van der Waals surface area contributed by atoms with Gasteiger partial charge in [0.25, 0.3) is 0 Å². The molecular formula is C8H16O2. The smallest absolute Gasteiger partial charge is 0.0465 e. The van der Waals surface area contributed by atoms with Gasteiger partial charge in [0.1, 0.15) is 0 Å². The molecule has 0 radical (unpaired) electrons. The lowest BCUT2D eigenvalue weighted by molar-refractivity contribution is 0.148. The lowest BCUT2D eigenvalue weighted by atomic mass is 10.0. The minimum absolute atomic E-state index is 0.232. The molecular weight excluding hydrogens is 128 g/mol. The van der Waals surface area contributed by atoms with Gasteiger partial charge < -0.3 is 9.84 Å². The van der Waals surface area contributed by atoms with E-state index in [9.17, 15) is 0 Å². The number of hydrogen-bond acceptors (Lipinski definition) is 2. The van der Waals surface area contributed by atoms with E-state index < -0.39 is 0 Å². The zero-order valence-corrected chi connectivity index (χ0v) is 6.55. The fourth-order valence-electron chi connectivity index (χ4n) is 0.804. The van der Waals surface area contributed by atoms with E-state index in [4.69, 9.17) is 9.84 Å². The fraction of sp³-hybridized carbons (Fsp3) is 0.750. The molecule has 0 aromatic carbocycles. The van der Waals surface area contributed by atoms with Crippen molar-refractivity contribution in [3.8, 4) is 0 Å². The van der Waals surface area contributed by atoms with Crippen LogP contribution in [0.15, 0.2) is 12.7 Å². The van der Waals surface area contributed by atoms with Crippen LogP contribution in [-0.4, -0.2) is 25.4 Å². The Kier molecular flexibility index (Phi) is 6.55. The molecule has 0 saturated heterocycles. The molecule has 0 aromatic heterocycles. The minimum atomic E-state index is 0.232. The van der Waals surface area contributed by atoms with Crippen molar-refractivity contribution in [1.82, 2.24) is 0 Å². The summed E-state index contributed by atoms with van der Waals surface area (Å²) < 4.78 is 4.88. The van der Waals surface area contributed by atoms with Crippen LogP contribution in [0.1, 0.15) is 12.8 Å². The van der Waals surface area contributed by atoms with E-state index in [0.717, 1.165) is 19.4 Å². The Morgan fingerprint density at radius 2 is 2.40 bits per heavy atom. The van der Waals surface area contributed by atoms with Crippen LogP contribution in [0.3, 0.4) is 0 Å². The van der Waals surface area contributed by atoms with Crippen molar-refractivity contribution in [2.45, 2.75) is 12.8 Å². The second-order valence-electron chi connectivity index (χ2n) is 2.35. The van der Waals surface area contributed by atoms with E-state index in [0.29, 0.717) is 5.92 Å². The van der Waals surface area contributed by atoms with Gasteiger partial charge in [-0.2, -0.15) is 0 Å². The Morgan fingerprint density at radius 3 is 2.80 bits per heavy atom. The van der Waals surface area contributed by atoms with E-state index in [1.54, 1.807) is 7.11 Å². The molecule has 0 aromatic rings. The normalized spacial score (nSPS) is 13.0. The van der Waals surface area contributed by atoms with Gasteiger partial charge in [-0.1, -0.05) is 6.08 Å². The van der Waals surface area contributed by atoms with Crippen LogP contribution in [0.2, 0.25) is 0 Å². The summed E-state index contributed by atoms with van der Waals surface area (Å²) in [5.41, 5.74) is 0. The molecule has 1 N–H and O–H groups in total. The van der Waals surface area contributed by atoms with E-state index in [1.165, 1.54) is 0 Å². The van der Waals surface area contributed by atoms with Crippen molar-refractivity contribution in [2.24, 2.45) is 5.92 Å². The summed E-state index contributed by atoms with van der Waals surface area (Å²) in [6.07, 6.45) is 3.62. The van der Waals surface area contributed by atoms with Crippen molar-refractivity contribution in [1.29, 1.82) is 0 Å². The first-order valence-electron chi connectivity index (χ1n) is 3.55. The summed E-state index contributed by atoms with van der Waals surface area (Å²) in [6, 6.07) is 0. The summed E-state index contributed by atoms with van der Waals surface area (Å²) in [5.74, 6) is 0.331. The zero-order chi connectivity index (χ0) is 7.82. The Morgan fingerprint density at radius 1 is 1.70 bits per heavy atom. The van der Waals surface area contributed by atoms with Gasteiger partial charge in [-0.25, -0.2) is 0 Å². The lowest BCUT2D eigenvalue weighted by Gasteiger charge is -2.09. The summed E-state index contributed by atoms with van der Waals surface area (Å²) in [4.78, 5) is 0. The van der Waals surface area contributed by atoms with Gasteiger partial charge in [-0.05, 0) is 18.8 Å². The molecule has 0 unspecified atom stereocenters. The first-order chi connectivity index (χ1) is 4.85. The maximum absolute atomic E-state index is 8.78. The molecule has 2 heteroatoms. The molecule has 0 spiro atoms. The number of hydrogen-bond donors (Lipinski definition) is 1. The number of allylic oxidation sites excluding steroid dienone is 1. The van der Waals surface area contributed by atoms with Gasteiger partial charge in [0, 0.05) is 20.3 Å². The molecule has 10 heavy (non-hydrogen) atoms. The van der Waals surface area contributed by atoms with Crippen molar-refractivity contribution in [3.63, 3.8) is 0 Å². The Balaban J connectivity index is 3.29. The van der Waals surface area contributed by atoms with Gasteiger partial charge in [-0.15, -0.1) is 6.58 Å². The number of aliphatic hydroxyl groups is 1. The SMILES string of the molecule is C=CC[C@@H](CO)CCOC. The molecule has 0 rings (SSSR count). The van der Waals surface area contributed by atoms with Crippen molar-refractivity contribution in [2.75, 3.05) is 20.3 Å². The Labute approximate surface area is 62.5 Å². The average Bonchev–Trinajstić information content (AvgIpc) is 1.98. The number of methoxy groups -OCH3 is 1.